The summed E-state index contributed by atoms with van der Waals surface area (Å²) in [7, 11) is 0. The fourth-order valence-corrected chi connectivity index (χ4v) is 2.95. The Morgan fingerprint density at radius 3 is 2.61 bits per heavy atom. The molecule has 3 rings (SSSR count). The second-order valence-corrected chi connectivity index (χ2v) is 5.10. The van der Waals surface area contributed by atoms with Gasteiger partial charge in [-0.25, -0.2) is 0 Å². The number of likely N-dealkylation sites (tertiary alicyclic amines) is 1. The van der Waals surface area contributed by atoms with E-state index < -0.39 is 0 Å². The van der Waals surface area contributed by atoms with Crippen molar-refractivity contribution in [3.63, 3.8) is 0 Å². The van der Waals surface area contributed by atoms with E-state index in [9.17, 15) is 9.90 Å². The SMILES string of the molecule is O=C1CCCN1[C@H]1CCN(c2ccc(O)cc2)C1. The minimum absolute atomic E-state index is 0.296. The fraction of sp³-hybridized carbons (Fsp3) is 0.500. The van der Waals surface area contributed by atoms with Gasteiger partial charge in [0.1, 0.15) is 5.75 Å². The maximum absolute atomic E-state index is 11.7. The van der Waals surface area contributed by atoms with Gasteiger partial charge >= 0.3 is 0 Å². The average Bonchev–Trinajstić information content (AvgIpc) is 2.98. The van der Waals surface area contributed by atoms with E-state index in [1.54, 1.807) is 12.1 Å². The predicted molar refractivity (Wildman–Crippen MR) is 69.7 cm³/mol. The number of carbonyl (C=O) groups is 1. The fourth-order valence-electron chi connectivity index (χ4n) is 2.95. The average molecular weight is 246 g/mol. The minimum Gasteiger partial charge on any atom is -0.508 e. The first-order chi connectivity index (χ1) is 8.74. The minimum atomic E-state index is 0.296. The number of rotatable bonds is 2. The lowest BCUT2D eigenvalue weighted by Crippen LogP contribution is -2.38. The molecule has 1 N–H and O–H groups in total. The number of benzene rings is 1. The van der Waals surface area contributed by atoms with Crippen molar-refractivity contribution in [2.75, 3.05) is 24.5 Å². The van der Waals surface area contributed by atoms with E-state index in [4.69, 9.17) is 0 Å². The van der Waals surface area contributed by atoms with Crippen LogP contribution in [0.2, 0.25) is 0 Å². The summed E-state index contributed by atoms with van der Waals surface area (Å²) in [5.74, 6) is 0.608. The second-order valence-electron chi connectivity index (χ2n) is 5.10. The number of amides is 1. The van der Waals surface area contributed by atoms with Crippen molar-refractivity contribution < 1.29 is 9.90 Å². The summed E-state index contributed by atoms with van der Waals surface area (Å²) in [6, 6.07) is 7.66. The van der Waals surface area contributed by atoms with Crippen LogP contribution in [0.3, 0.4) is 0 Å². The van der Waals surface area contributed by atoms with Crippen LogP contribution in [0.25, 0.3) is 0 Å². The molecule has 0 aliphatic carbocycles. The van der Waals surface area contributed by atoms with Crippen LogP contribution in [0.1, 0.15) is 19.3 Å². The lowest BCUT2D eigenvalue weighted by atomic mass is 10.2. The van der Waals surface area contributed by atoms with E-state index in [0.717, 1.165) is 44.6 Å². The Kier molecular flexibility index (Phi) is 2.86. The molecule has 1 atom stereocenters. The van der Waals surface area contributed by atoms with Gasteiger partial charge in [-0.3, -0.25) is 4.79 Å². The van der Waals surface area contributed by atoms with E-state index in [-0.39, 0.29) is 0 Å². The number of nitrogens with zero attached hydrogens (tertiary/aromatic N) is 2. The van der Waals surface area contributed by atoms with Gasteiger partial charge in [-0.2, -0.15) is 0 Å². The molecule has 0 spiro atoms. The zero-order chi connectivity index (χ0) is 12.5. The third-order valence-corrected chi connectivity index (χ3v) is 3.93. The molecular weight excluding hydrogens is 228 g/mol. The highest BCUT2D eigenvalue weighted by molar-refractivity contribution is 5.78. The summed E-state index contributed by atoms with van der Waals surface area (Å²) < 4.78 is 0. The van der Waals surface area contributed by atoms with Crippen molar-refractivity contribution in [3.8, 4) is 5.75 Å². The van der Waals surface area contributed by atoms with Crippen molar-refractivity contribution in [2.45, 2.75) is 25.3 Å². The Morgan fingerprint density at radius 2 is 1.94 bits per heavy atom. The van der Waals surface area contributed by atoms with Crippen molar-refractivity contribution >= 4 is 11.6 Å². The Hall–Kier alpha value is -1.71. The number of aromatic hydroxyl groups is 1. The molecular formula is C14H18N2O2. The molecule has 0 unspecified atom stereocenters. The Labute approximate surface area is 107 Å². The number of phenolic OH excluding ortho intramolecular Hbond substituents is 1. The van der Waals surface area contributed by atoms with Gasteiger partial charge in [0.15, 0.2) is 0 Å². The zero-order valence-corrected chi connectivity index (χ0v) is 10.4. The third kappa shape index (κ3) is 2.03. The maximum Gasteiger partial charge on any atom is 0.222 e. The van der Waals surface area contributed by atoms with Crippen LogP contribution in [0.15, 0.2) is 24.3 Å². The van der Waals surface area contributed by atoms with Crippen molar-refractivity contribution in [1.29, 1.82) is 0 Å². The van der Waals surface area contributed by atoms with Crippen molar-refractivity contribution in [2.24, 2.45) is 0 Å². The molecule has 2 aliphatic rings. The van der Waals surface area contributed by atoms with Gasteiger partial charge in [0, 0.05) is 31.7 Å². The second kappa shape index (κ2) is 4.52. The van der Waals surface area contributed by atoms with Crippen LogP contribution < -0.4 is 4.90 Å². The summed E-state index contributed by atoms with van der Waals surface area (Å²) in [6.07, 6.45) is 2.77. The van der Waals surface area contributed by atoms with E-state index >= 15 is 0 Å². The Balaban J connectivity index is 1.68. The van der Waals surface area contributed by atoms with Gasteiger partial charge in [-0.15, -0.1) is 0 Å². The molecule has 18 heavy (non-hydrogen) atoms. The van der Waals surface area contributed by atoms with E-state index in [1.807, 2.05) is 17.0 Å². The third-order valence-electron chi connectivity index (χ3n) is 3.93. The van der Waals surface area contributed by atoms with E-state index in [0.29, 0.717) is 17.7 Å². The number of anilines is 1. The lowest BCUT2D eigenvalue weighted by molar-refractivity contribution is -0.129. The van der Waals surface area contributed by atoms with Crippen molar-refractivity contribution in [3.05, 3.63) is 24.3 Å². The zero-order valence-electron chi connectivity index (χ0n) is 10.4. The molecule has 0 radical (unpaired) electrons. The molecule has 2 fully saturated rings. The molecule has 1 aromatic rings. The summed E-state index contributed by atoms with van der Waals surface area (Å²) >= 11 is 0. The first-order valence-electron chi connectivity index (χ1n) is 6.57. The molecule has 4 heteroatoms. The maximum atomic E-state index is 11.7. The molecule has 2 aliphatic heterocycles. The monoisotopic (exact) mass is 246 g/mol. The van der Waals surface area contributed by atoms with Gasteiger partial charge in [-0.1, -0.05) is 0 Å². The largest absolute Gasteiger partial charge is 0.508 e. The smallest absolute Gasteiger partial charge is 0.222 e. The molecule has 1 amide bonds. The molecule has 4 nitrogen and oxygen atoms in total. The molecule has 2 heterocycles. The summed E-state index contributed by atoms with van der Waals surface area (Å²) in [4.78, 5) is 16.1. The highest BCUT2D eigenvalue weighted by atomic mass is 16.3. The highest BCUT2D eigenvalue weighted by Gasteiger charge is 2.33. The summed E-state index contributed by atoms with van der Waals surface area (Å²) in [5, 5.41) is 9.29. The number of hydrogen-bond acceptors (Lipinski definition) is 3. The van der Waals surface area contributed by atoms with Crippen LogP contribution in [0, 0.1) is 0 Å². The molecule has 1 aromatic carbocycles. The first-order valence-corrected chi connectivity index (χ1v) is 6.57. The molecule has 0 bridgehead atoms. The number of hydrogen-bond donors (Lipinski definition) is 1. The van der Waals surface area contributed by atoms with Gasteiger partial charge in [0.25, 0.3) is 0 Å². The van der Waals surface area contributed by atoms with Gasteiger partial charge in [0.05, 0.1) is 6.04 Å². The van der Waals surface area contributed by atoms with Crippen LogP contribution in [0.4, 0.5) is 5.69 Å². The van der Waals surface area contributed by atoms with Gasteiger partial charge in [0.2, 0.25) is 5.91 Å². The van der Waals surface area contributed by atoms with E-state index in [1.165, 1.54) is 0 Å². The summed E-state index contributed by atoms with van der Waals surface area (Å²) in [6.45, 7) is 2.82. The topological polar surface area (TPSA) is 43.8 Å². The molecule has 2 saturated heterocycles. The Morgan fingerprint density at radius 1 is 1.17 bits per heavy atom. The lowest BCUT2D eigenvalue weighted by Gasteiger charge is -2.25. The van der Waals surface area contributed by atoms with Crippen LogP contribution in [-0.2, 0) is 4.79 Å². The molecule has 96 valence electrons. The number of carbonyl (C=O) groups excluding carboxylic acids is 1. The van der Waals surface area contributed by atoms with Crippen LogP contribution in [-0.4, -0.2) is 41.6 Å². The van der Waals surface area contributed by atoms with E-state index in [2.05, 4.69) is 4.90 Å². The first kappa shape index (κ1) is 11.4. The highest BCUT2D eigenvalue weighted by Crippen LogP contribution is 2.26. The molecule has 0 aromatic heterocycles. The quantitative estimate of drug-likeness (QED) is 0.862. The van der Waals surface area contributed by atoms with Crippen LogP contribution >= 0.6 is 0 Å². The summed E-state index contributed by atoms with van der Waals surface area (Å²) in [5.41, 5.74) is 1.13. The van der Waals surface area contributed by atoms with Crippen LogP contribution in [0.5, 0.6) is 5.75 Å². The number of phenols is 1. The predicted octanol–water partition coefficient (Wildman–Crippen LogP) is 1.59. The van der Waals surface area contributed by atoms with Gasteiger partial charge in [-0.05, 0) is 37.1 Å². The Bertz CT molecular complexity index is 444. The normalized spacial score (nSPS) is 24.0. The standard InChI is InChI=1S/C14H18N2O2/c17-13-5-3-11(4-6-13)15-9-7-12(10-15)16-8-1-2-14(16)18/h3-6,12,17H,1-2,7-10H2/t12-/m0/s1. The molecule has 0 saturated carbocycles. The van der Waals surface area contributed by atoms with Crippen molar-refractivity contribution in [1.82, 2.24) is 4.90 Å². The van der Waals surface area contributed by atoms with Gasteiger partial charge < -0.3 is 14.9 Å².